The topological polar surface area (TPSA) is 55.0 Å². The fraction of sp³-hybridized carbons (Fsp3) is 0.333. The molecule has 29 heavy (non-hydrogen) atoms. The lowest BCUT2D eigenvalue weighted by Gasteiger charge is -2.32. The van der Waals surface area contributed by atoms with Crippen molar-refractivity contribution in [3.63, 3.8) is 0 Å². The second kappa shape index (κ2) is 10.1. The highest BCUT2D eigenvalue weighted by molar-refractivity contribution is 5.96. The molecular formula is C24H31N3O2+2. The number of benzene rings is 2. The number of rotatable bonds is 7. The molecule has 0 spiro atoms. The minimum Gasteiger partial charge on any atom is -0.322 e. The molecule has 5 nitrogen and oxygen atoms in total. The number of hydrogen-bond acceptors (Lipinski definition) is 2. The van der Waals surface area contributed by atoms with Crippen molar-refractivity contribution >= 4 is 23.5 Å². The number of nitrogens with one attached hydrogen (secondary N) is 3. The first-order chi connectivity index (χ1) is 14.0. The van der Waals surface area contributed by atoms with Gasteiger partial charge in [-0.1, -0.05) is 36.4 Å². The summed E-state index contributed by atoms with van der Waals surface area (Å²) < 4.78 is 0. The van der Waals surface area contributed by atoms with Crippen molar-refractivity contribution in [1.82, 2.24) is 0 Å². The molecule has 0 bridgehead atoms. The standard InChI is InChI=1S/C24H29N3O2/c1-19(24(29)25-23-12-10-22(11-13-23)20(2)28)27-17-15-26(16-18-27)14-6-9-21-7-4-3-5-8-21/h3-13,19H,14-18H2,1-2H3,(H,25,29)/p+2/b9-6+/t19-/m0/s1. The quantitative estimate of drug-likeness (QED) is 0.607. The van der Waals surface area contributed by atoms with Crippen LogP contribution < -0.4 is 15.1 Å². The van der Waals surface area contributed by atoms with Crippen LogP contribution in [0.2, 0.25) is 0 Å². The highest BCUT2D eigenvalue weighted by Crippen LogP contribution is 2.10. The van der Waals surface area contributed by atoms with Crippen LogP contribution in [0.5, 0.6) is 0 Å². The van der Waals surface area contributed by atoms with E-state index in [0.29, 0.717) is 5.56 Å². The minimum atomic E-state index is -0.0936. The molecule has 1 fully saturated rings. The van der Waals surface area contributed by atoms with E-state index in [2.05, 4.69) is 41.7 Å². The Hall–Kier alpha value is -2.76. The first-order valence-corrected chi connectivity index (χ1v) is 10.3. The van der Waals surface area contributed by atoms with E-state index in [1.807, 2.05) is 13.0 Å². The molecule has 1 aliphatic heterocycles. The summed E-state index contributed by atoms with van der Waals surface area (Å²) >= 11 is 0. The van der Waals surface area contributed by atoms with Crippen LogP contribution in [0.15, 0.2) is 60.7 Å². The summed E-state index contributed by atoms with van der Waals surface area (Å²) in [6.07, 6.45) is 4.43. The summed E-state index contributed by atoms with van der Waals surface area (Å²) in [7, 11) is 0. The zero-order valence-electron chi connectivity index (χ0n) is 17.3. The summed E-state index contributed by atoms with van der Waals surface area (Å²) in [5.74, 6) is 0.0580. The second-order valence-electron chi connectivity index (χ2n) is 7.77. The largest absolute Gasteiger partial charge is 0.322 e. The molecule has 0 aliphatic carbocycles. The van der Waals surface area contributed by atoms with Crippen LogP contribution in [-0.2, 0) is 4.79 Å². The Morgan fingerprint density at radius 1 is 1.00 bits per heavy atom. The number of anilines is 1. The van der Waals surface area contributed by atoms with Crippen LogP contribution in [0.4, 0.5) is 5.69 Å². The predicted molar refractivity (Wildman–Crippen MR) is 116 cm³/mol. The molecule has 0 saturated carbocycles. The molecule has 1 heterocycles. The SMILES string of the molecule is CC(=O)c1ccc(NC(=O)[C@H](C)[NH+]2CC[NH+](C/C=C/c3ccccc3)CC2)cc1. The van der Waals surface area contributed by atoms with E-state index in [-0.39, 0.29) is 17.7 Å². The van der Waals surface area contributed by atoms with Crippen LogP contribution in [0.3, 0.4) is 0 Å². The van der Waals surface area contributed by atoms with E-state index >= 15 is 0 Å². The first kappa shape index (κ1) is 21.0. The lowest BCUT2D eigenvalue weighted by molar-refractivity contribution is -1.02. The maximum atomic E-state index is 12.6. The average Bonchev–Trinajstić information content (AvgIpc) is 2.75. The molecule has 2 aromatic rings. The molecule has 1 aliphatic rings. The Labute approximate surface area is 173 Å². The van der Waals surface area contributed by atoms with Gasteiger partial charge in [-0.05, 0) is 49.8 Å². The van der Waals surface area contributed by atoms with Crippen LogP contribution in [0.1, 0.15) is 29.8 Å². The molecule has 5 heteroatoms. The Bertz CT molecular complexity index is 838. The van der Waals surface area contributed by atoms with Gasteiger partial charge < -0.3 is 15.1 Å². The van der Waals surface area contributed by atoms with Crippen LogP contribution >= 0.6 is 0 Å². The smallest absolute Gasteiger partial charge is 0.282 e. The van der Waals surface area contributed by atoms with Gasteiger partial charge in [-0.2, -0.15) is 0 Å². The maximum absolute atomic E-state index is 12.6. The van der Waals surface area contributed by atoms with Gasteiger partial charge in [-0.3, -0.25) is 9.59 Å². The zero-order chi connectivity index (χ0) is 20.6. The van der Waals surface area contributed by atoms with Crippen molar-refractivity contribution in [2.24, 2.45) is 0 Å². The van der Waals surface area contributed by atoms with Gasteiger partial charge >= 0.3 is 0 Å². The number of amides is 1. The van der Waals surface area contributed by atoms with Gasteiger partial charge in [-0.25, -0.2) is 0 Å². The molecule has 0 aromatic heterocycles. The Morgan fingerprint density at radius 3 is 2.28 bits per heavy atom. The summed E-state index contributed by atoms with van der Waals surface area (Å²) in [6.45, 7) is 8.68. The molecular weight excluding hydrogens is 362 g/mol. The molecule has 1 saturated heterocycles. The number of carbonyl (C=O) groups excluding carboxylic acids is 2. The van der Waals surface area contributed by atoms with E-state index in [0.717, 1.165) is 38.4 Å². The maximum Gasteiger partial charge on any atom is 0.282 e. The van der Waals surface area contributed by atoms with Gasteiger partial charge in [0.2, 0.25) is 0 Å². The van der Waals surface area contributed by atoms with Crippen molar-refractivity contribution in [3.05, 3.63) is 71.8 Å². The predicted octanol–water partition coefficient (Wildman–Crippen LogP) is 0.713. The molecule has 0 unspecified atom stereocenters. The molecule has 3 N–H and O–H groups in total. The van der Waals surface area contributed by atoms with Gasteiger partial charge in [0.05, 0.1) is 6.54 Å². The van der Waals surface area contributed by atoms with E-state index in [9.17, 15) is 9.59 Å². The number of carbonyl (C=O) groups is 2. The number of ketones is 1. The third-order valence-corrected chi connectivity index (χ3v) is 5.68. The Kier molecular flexibility index (Phi) is 7.33. The Balaban J connectivity index is 1.44. The number of piperazine rings is 1. The first-order valence-electron chi connectivity index (χ1n) is 10.3. The highest BCUT2D eigenvalue weighted by atomic mass is 16.2. The summed E-state index contributed by atoms with van der Waals surface area (Å²) in [4.78, 5) is 26.9. The van der Waals surface area contributed by atoms with Gasteiger partial charge in [0.25, 0.3) is 5.91 Å². The van der Waals surface area contributed by atoms with E-state index in [4.69, 9.17) is 0 Å². The van der Waals surface area contributed by atoms with Crippen LogP contribution in [-0.4, -0.2) is 50.5 Å². The summed E-state index contributed by atoms with van der Waals surface area (Å²) in [5.41, 5.74) is 2.63. The number of quaternary nitrogens is 2. The molecule has 1 amide bonds. The summed E-state index contributed by atoms with van der Waals surface area (Å²) in [5, 5.41) is 2.98. The van der Waals surface area contributed by atoms with Gasteiger partial charge in [0.15, 0.2) is 11.8 Å². The minimum absolute atomic E-state index is 0.0275. The molecule has 2 aromatic carbocycles. The summed E-state index contributed by atoms with van der Waals surface area (Å²) in [6, 6.07) is 17.4. The van der Waals surface area contributed by atoms with Crippen molar-refractivity contribution in [1.29, 1.82) is 0 Å². The third-order valence-electron chi connectivity index (χ3n) is 5.68. The van der Waals surface area contributed by atoms with Crippen LogP contribution in [0, 0.1) is 0 Å². The molecule has 152 valence electrons. The molecule has 3 rings (SSSR count). The zero-order valence-corrected chi connectivity index (χ0v) is 17.3. The lowest BCUT2D eigenvalue weighted by Crippen LogP contribution is -3.29. The molecule has 1 atom stereocenters. The van der Waals surface area contributed by atoms with Crippen molar-refractivity contribution < 1.29 is 19.4 Å². The Morgan fingerprint density at radius 2 is 1.66 bits per heavy atom. The number of Topliss-reactive ketones (excluding diaryl/α,β-unsaturated/α-hetero) is 1. The van der Waals surface area contributed by atoms with Gasteiger partial charge in [0.1, 0.15) is 26.2 Å². The van der Waals surface area contributed by atoms with Crippen molar-refractivity contribution in [2.75, 3.05) is 38.0 Å². The van der Waals surface area contributed by atoms with E-state index in [1.54, 1.807) is 29.2 Å². The lowest BCUT2D eigenvalue weighted by atomic mass is 10.1. The highest BCUT2D eigenvalue weighted by Gasteiger charge is 2.30. The van der Waals surface area contributed by atoms with Gasteiger partial charge in [-0.15, -0.1) is 0 Å². The van der Waals surface area contributed by atoms with Crippen molar-refractivity contribution in [2.45, 2.75) is 19.9 Å². The van der Waals surface area contributed by atoms with Crippen LogP contribution in [0.25, 0.3) is 6.08 Å². The normalized spacial score (nSPS) is 20.3. The fourth-order valence-corrected chi connectivity index (χ4v) is 3.71. The number of hydrogen-bond donors (Lipinski definition) is 3. The van der Waals surface area contributed by atoms with Gasteiger partial charge in [0, 0.05) is 11.3 Å². The van der Waals surface area contributed by atoms with Crippen molar-refractivity contribution in [3.8, 4) is 0 Å². The second-order valence-corrected chi connectivity index (χ2v) is 7.77. The average molecular weight is 394 g/mol. The van der Waals surface area contributed by atoms with E-state index in [1.165, 1.54) is 17.4 Å². The van der Waals surface area contributed by atoms with E-state index < -0.39 is 0 Å². The monoisotopic (exact) mass is 393 g/mol. The fourth-order valence-electron chi connectivity index (χ4n) is 3.71. The third kappa shape index (κ3) is 6.11. The molecule has 0 radical (unpaired) electrons.